The molecule has 0 saturated carbocycles. The van der Waals surface area contributed by atoms with E-state index in [0.717, 1.165) is 6.42 Å². The Morgan fingerprint density at radius 2 is 1.67 bits per heavy atom. The van der Waals surface area contributed by atoms with Crippen LogP contribution in [0.15, 0.2) is 66.7 Å². The summed E-state index contributed by atoms with van der Waals surface area (Å²) in [6, 6.07) is 24.1. The van der Waals surface area contributed by atoms with Crippen LogP contribution in [0.5, 0.6) is 0 Å². The van der Waals surface area contributed by atoms with Gasteiger partial charge in [0.25, 0.3) is 0 Å². The number of thiophene rings is 1. The number of benzene rings is 2. The zero-order valence-electron chi connectivity index (χ0n) is 14.0. The van der Waals surface area contributed by atoms with E-state index in [9.17, 15) is 0 Å². The van der Waals surface area contributed by atoms with E-state index in [-0.39, 0.29) is 5.92 Å². The van der Waals surface area contributed by atoms with E-state index in [0.29, 0.717) is 0 Å². The minimum Gasteiger partial charge on any atom is -0.358 e. The molecule has 0 bridgehead atoms. The van der Waals surface area contributed by atoms with Gasteiger partial charge in [-0.05, 0) is 42.7 Å². The highest BCUT2D eigenvalue weighted by Crippen LogP contribution is 2.40. The summed E-state index contributed by atoms with van der Waals surface area (Å²) in [6.45, 7) is 4.42. The van der Waals surface area contributed by atoms with Crippen molar-refractivity contribution in [3.05, 3.63) is 93.3 Å². The molecule has 2 heteroatoms. The van der Waals surface area contributed by atoms with Crippen LogP contribution in [-0.2, 0) is 6.42 Å². The Morgan fingerprint density at radius 1 is 0.917 bits per heavy atom. The summed E-state index contributed by atoms with van der Waals surface area (Å²) in [5, 5.41) is 1.33. The number of hydrogen-bond donors (Lipinski definition) is 1. The van der Waals surface area contributed by atoms with Crippen molar-refractivity contribution in [1.82, 2.24) is 4.98 Å². The fourth-order valence-corrected chi connectivity index (χ4v) is 4.62. The van der Waals surface area contributed by atoms with E-state index < -0.39 is 0 Å². The molecule has 4 aromatic rings. The summed E-state index contributed by atoms with van der Waals surface area (Å²) in [5.74, 6) is 0.285. The van der Waals surface area contributed by atoms with Crippen LogP contribution in [0.2, 0.25) is 0 Å². The first-order chi connectivity index (χ1) is 11.8. The predicted octanol–water partition coefficient (Wildman–Crippen LogP) is 6.28. The molecule has 0 aliphatic carbocycles. The molecule has 0 amide bonds. The predicted molar refractivity (Wildman–Crippen MR) is 104 cm³/mol. The maximum Gasteiger partial charge on any atom is 0.0459 e. The summed E-state index contributed by atoms with van der Waals surface area (Å²) >= 11 is 1.94. The molecule has 1 N–H and O–H groups in total. The van der Waals surface area contributed by atoms with Gasteiger partial charge in [-0.3, -0.25) is 0 Å². The SMILES string of the molecule is CCc1ccc(C(c2ccccc2)c2c(C)[nH]c3ccccc23)s1. The first-order valence-corrected chi connectivity index (χ1v) is 9.30. The third kappa shape index (κ3) is 2.57. The summed E-state index contributed by atoms with van der Waals surface area (Å²) in [6.07, 6.45) is 1.10. The molecule has 0 saturated heterocycles. The Morgan fingerprint density at radius 3 is 2.42 bits per heavy atom. The lowest BCUT2D eigenvalue weighted by Gasteiger charge is -2.17. The van der Waals surface area contributed by atoms with Crippen LogP contribution < -0.4 is 0 Å². The largest absolute Gasteiger partial charge is 0.358 e. The minimum atomic E-state index is 0.285. The Kier molecular flexibility index (Phi) is 3.99. The average molecular weight is 331 g/mol. The molecule has 1 atom stereocenters. The molecule has 2 aromatic heterocycles. The van der Waals surface area contributed by atoms with Gasteiger partial charge in [-0.15, -0.1) is 11.3 Å². The van der Waals surface area contributed by atoms with E-state index in [2.05, 4.69) is 85.6 Å². The molecule has 24 heavy (non-hydrogen) atoms. The molecule has 0 spiro atoms. The van der Waals surface area contributed by atoms with Gasteiger partial charge in [-0.1, -0.05) is 55.5 Å². The summed E-state index contributed by atoms with van der Waals surface area (Å²) in [7, 11) is 0. The fourth-order valence-electron chi connectivity index (χ4n) is 3.53. The quantitative estimate of drug-likeness (QED) is 0.453. The second kappa shape index (κ2) is 6.29. The van der Waals surface area contributed by atoms with Crippen molar-refractivity contribution in [3.63, 3.8) is 0 Å². The molecule has 120 valence electrons. The van der Waals surface area contributed by atoms with Crippen LogP contribution >= 0.6 is 11.3 Å². The molecular formula is C22H21NS. The monoisotopic (exact) mass is 331 g/mol. The lowest BCUT2D eigenvalue weighted by molar-refractivity contribution is 0.994. The van der Waals surface area contributed by atoms with Crippen molar-refractivity contribution < 1.29 is 0 Å². The normalized spacial score (nSPS) is 12.6. The number of hydrogen-bond acceptors (Lipinski definition) is 1. The van der Waals surface area contributed by atoms with Crippen molar-refractivity contribution >= 4 is 22.2 Å². The van der Waals surface area contributed by atoms with Gasteiger partial charge in [-0.25, -0.2) is 0 Å². The Hall–Kier alpha value is -2.32. The highest BCUT2D eigenvalue weighted by molar-refractivity contribution is 7.12. The Balaban J connectivity index is 1.97. The van der Waals surface area contributed by atoms with Crippen LogP contribution in [-0.4, -0.2) is 4.98 Å². The number of H-pyrrole nitrogens is 1. The zero-order valence-corrected chi connectivity index (χ0v) is 14.9. The van der Waals surface area contributed by atoms with Crippen LogP contribution in [0, 0.1) is 6.92 Å². The summed E-state index contributed by atoms with van der Waals surface area (Å²) < 4.78 is 0. The number of fused-ring (bicyclic) bond motifs is 1. The molecule has 1 nitrogen and oxygen atoms in total. The van der Waals surface area contributed by atoms with Crippen molar-refractivity contribution in [2.75, 3.05) is 0 Å². The van der Waals surface area contributed by atoms with Crippen molar-refractivity contribution in [2.45, 2.75) is 26.2 Å². The van der Waals surface area contributed by atoms with E-state index in [1.165, 1.54) is 37.5 Å². The van der Waals surface area contributed by atoms with Crippen LogP contribution in [0.25, 0.3) is 10.9 Å². The lowest BCUT2D eigenvalue weighted by atomic mass is 9.88. The average Bonchev–Trinajstić information content (AvgIpc) is 3.21. The van der Waals surface area contributed by atoms with Gasteiger partial charge in [0.1, 0.15) is 0 Å². The zero-order chi connectivity index (χ0) is 16.5. The van der Waals surface area contributed by atoms with Crippen LogP contribution in [0.1, 0.15) is 39.4 Å². The Labute approximate surface area is 147 Å². The molecule has 2 heterocycles. The van der Waals surface area contributed by atoms with E-state index in [1.54, 1.807) is 0 Å². The van der Waals surface area contributed by atoms with E-state index in [4.69, 9.17) is 0 Å². The standard InChI is InChI=1S/C22H21NS/c1-3-17-13-14-20(24-17)22(16-9-5-4-6-10-16)21-15(2)23-19-12-8-7-11-18(19)21/h4-14,22-23H,3H2,1-2H3. The molecule has 0 aliphatic heterocycles. The van der Waals surface area contributed by atoms with Crippen LogP contribution in [0.4, 0.5) is 0 Å². The van der Waals surface area contributed by atoms with Crippen molar-refractivity contribution in [1.29, 1.82) is 0 Å². The second-order valence-electron chi connectivity index (χ2n) is 6.21. The van der Waals surface area contributed by atoms with Gasteiger partial charge in [0.2, 0.25) is 0 Å². The van der Waals surface area contributed by atoms with Gasteiger partial charge in [0.05, 0.1) is 0 Å². The number of para-hydroxylation sites is 1. The Bertz CT molecular complexity index is 962. The van der Waals surface area contributed by atoms with Crippen molar-refractivity contribution in [2.24, 2.45) is 0 Å². The lowest BCUT2D eigenvalue weighted by Crippen LogP contribution is -2.02. The molecule has 1 unspecified atom stereocenters. The number of nitrogens with one attached hydrogen (secondary N) is 1. The molecule has 2 aromatic carbocycles. The maximum atomic E-state index is 3.57. The highest BCUT2D eigenvalue weighted by atomic mass is 32.1. The number of aryl methyl sites for hydroxylation is 2. The highest BCUT2D eigenvalue weighted by Gasteiger charge is 2.23. The third-order valence-electron chi connectivity index (χ3n) is 4.68. The molecular weight excluding hydrogens is 310 g/mol. The third-order valence-corrected chi connectivity index (χ3v) is 5.97. The maximum absolute atomic E-state index is 3.57. The van der Waals surface area contributed by atoms with Gasteiger partial charge < -0.3 is 4.98 Å². The summed E-state index contributed by atoms with van der Waals surface area (Å²) in [5.41, 5.74) is 5.24. The number of aromatic amines is 1. The summed E-state index contributed by atoms with van der Waals surface area (Å²) in [4.78, 5) is 6.44. The number of rotatable bonds is 4. The molecule has 0 fully saturated rings. The number of aromatic nitrogens is 1. The molecule has 0 aliphatic rings. The van der Waals surface area contributed by atoms with Crippen molar-refractivity contribution in [3.8, 4) is 0 Å². The van der Waals surface area contributed by atoms with Gasteiger partial charge in [-0.2, -0.15) is 0 Å². The molecule has 4 rings (SSSR count). The van der Waals surface area contributed by atoms with E-state index in [1.807, 2.05) is 11.3 Å². The van der Waals surface area contributed by atoms with Gasteiger partial charge >= 0.3 is 0 Å². The minimum absolute atomic E-state index is 0.285. The fraction of sp³-hybridized carbons (Fsp3) is 0.182. The smallest absolute Gasteiger partial charge is 0.0459 e. The van der Waals surface area contributed by atoms with Gasteiger partial charge in [0, 0.05) is 32.3 Å². The molecule has 0 radical (unpaired) electrons. The van der Waals surface area contributed by atoms with Crippen LogP contribution in [0.3, 0.4) is 0 Å². The van der Waals surface area contributed by atoms with E-state index >= 15 is 0 Å². The first kappa shape index (κ1) is 15.2. The second-order valence-corrected chi connectivity index (χ2v) is 7.41. The first-order valence-electron chi connectivity index (χ1n) is 8.48. The topological polar surface area (TPSA) is 15.8 Å². The van der Waals surface area contributed by atoms with Gasteiger partial charge in [0.15, 0.2) is 0 Å².